The molecule has 4 fully saturated rings. The Bertz CT molecular complexity index is 523. The molecule has 144 valence electrons. The van der Waals surface area contributed by atoms with Crippen molar-refractivity contribution in [2.24, 2.45) is 47.3 Å². The molecule has 0 amide bonds. The van der Waals surface area contributed by atoms with E-state index in [1.54, 1.807) is 0 Å². The van der Waals surface area contributed by atoms with Crippen molar-refractivity contribution in [3.63, 3.8) is 0 Å². The van der Waals surface area contributed by atoms with Crippen molar-refractivity contribution in [3.8, 4) is 0 Å². The highest BCUT2D eigenvalue weighted by Gasteiger charge is 2.52. The highest BCUT2D eigenvalue weighted by atomic mass is 16.4. The second kappa shape index (κ2) is 6.89. The molecule has 4 N–H and O–H groups in total. The molecule has 4 aliphatic carbocycles. The van der Waals surface area contributed by atoms with E-state index in [0.717, 1.165) is 12.8 Å². The number of carbonyl (C=O) groups is 4. The van der Waals surface area contributed by atoms with Crippen molar-refractivity contribution in [3.05, 3.63) is 0 Å². The quantitative estimate of drug-likeness (QED) is 0.585. The van der Waals surface area contributed by atoms with E-state index in [-0.39, 0.29) is 47.3 Å². The molecule has 8 unspecified atom stereocenters. The number of fused-ring (bicyclic) bond motifs is 4. The molecule has 0 aromatic carbocycles. The van der Waals surface area contributed by atoms with Crippen molar-refractivity contribution in [1.82, 2.24) is 0 Å². The van der Waals surface area contributed by atoms with Crippen LogP contribution in [-0.2, 0) is 19.2 Å². The fourth-order valence-corrected chi connectivity index (χ4v) is 5.76. The first-order chi connectivity index (χ1) is 12.2. The minimum atomic E-state index is -0.753. The van der Waals surface area contributed by atoms with Crippen LogP contribution in [0.1, 0.15) is 38.5 Å². The van der Waals surface area contributed by atoms with Gasteiger partial charge in [-0.3, -0.25) is 19.2 Å². The Hall–Kier alpha value is -2.12. The SMILES string of the molecule is O=C(O)C1CC2CC1CC2C(=O)O.O=C(O)C1CC2CC1CC2C(=O)O. The van der Waals surface area contributed by atoms with Gasteiger partial charge in [-0.25, -0.2) is 0 Å². The van der Waals surface area contributed by atoms with Crippen LogP contribution in [0.15, 0.2) is 0 Å². The first-order valence-corrected chi connectivity index (χ1v) is 9.10. The Morgan fingerprint density at radius 3 is 0.731 bits per heavy atom. The molecule has 8 heteroatoms. The van der Waals surface area contributed by atoms with E-state index >= 15 is 0 Å². The summed E-state index contributed by atoms with van der Waals surface area (Å²) in [6, 6.07) is 0. The summed E-state index contributed by atoms with van der Waals surface area (Å²) in [5.41, 5.74) is 0. The van der Waals surface area contributed by atoms with Crippen LogP contribution in [0.2, 0.25) is 0 Å². The molecule has 0 aromatic rings. The fraction of sp³-hybridized carbons (Fsp3) is 0.778. The van der Waals surface area contributed by atoms with E-state index in [4.69, 9.17) is 20.4 Å². The molecule has 4 bridgehead atoms. The Labute approximate surface area is 150 Å². The predicted octanol–water partition coefficient (Wildman–Crippen LogP) is 1.64. The van der Waals surface area contributed by atoms with Crippen LogP contribution in [0, 0.1) is 47.3 Å². The van der Waals surface area contributed by atoms with Gasteiger partial charge in [-0.15, -0.1) is 0 Å². The largest absolute Gasteiger partial charge is 0.481 e. The number of carboxylic acids is 4. The van der Waals surface area contributed by atoms with Gasteiger partial charge in [-0.2, -0.15) is 0 Å². The summed E-state index contributed by atoms with van der Waals surface area (Å²) in [7, 11) is 0. The van der Waals surface area contributed by atoms with E-state index in [1.807, 2.05) is 0 Å². The smallest absolute Gasteiger partial charge is 0.306 e. The van der Waals surface area contributed by atoms with Gasteiger partial charge in [0.15, 0.2) is 0 Å². The van der Waals surface area contributed by atoms with Crippen LogP contribution in [0.5, 0.6) is 0 Å². The normalized spacial score (nSPS) is 42.2. The summed E-state index contributed by atoms with van der Waals surface area (Å²) in [4.78, 5) is 42.9. The summed E-state index contributed by atoms with van der Waals surface area (Å²) >= 11 is 0. The molecule has 4 rings (SSSR count). The van der Waals surface area contributed by atoms with Crippen molar-refractivity contribution in [2.45, 2.75) is 38.5 Å². The maximum absolute atomic E-state index is 10.7. The third-order valence-corrected chi connectivity index (χ3v) is 6.98. The monoisotopic (exact) mass is 368 g/mol. The van der Waals surface area contributed by atoms with Gasteiger partial charge >= 0.3 is 23.9 Å². The van der Waals surface area contributed by atoms with Gasteiger partial charge < -0.3 is 20.4 Å². The maximum Gasteiger partial charge on any atom is 0.306 e. The molecule has 0 radical (unpaired) electrons. The van der Waals surface area contributed by atoms with E-state index in [1.165, 1.54) is 0 Å². The maximum atomic E-state index is 10.7. The Morgan fingerprint density at radius 1 is 0.423 bits per heavy atom. The molecule has 4 saturated carbocycles. The summed E-state index contributed by atoms with van der Waals surface area (Å²) in [6.07, 6.45) is 3.86. The Kier molecular flexibility index (Phi) is 4.94. The number of rotatable bonds is 4. The zero-order valence-electron chi connectivity index (χ0n) is 14.3. The second-order valence-electron chi connectivity index (χ2n) is 8.23. The van der Waals surface area contributed by atoms with Crippen molar-refractivity contribution < 1.29 is 39.6 Å². The standard InChI is InChI=1S/2C9H12O4/c2*10-8(11)6-2-4-1-5(6)3-7(4)9(12)13/h2*4-7H,1-3H2,(H,10,11)(H,12,13). The molecule has 0 saturated heterocycles. The second-order valence-corrected chi connectivity index (χ2v) is 8.23. The predicted molar refractivity (Wildman–Crippen MR) is 86.2 cm³/mol. The lowest BCUT2D eigenvalue weighted by Crippen LogP contribution is -2.28. The first-order valence-electron chi connectivity index (χ1n) is 9.10. The van der Waals surface area contributed by atoms with Crippen molar-refractivity contribution in [2.75, 3.05) is 0 Å². The van der Waals surface area contributed by atoms with E-state index in [2.05, 4.69) is 0 Å². The third kappa shape index (κ3) is 3.29. The highest BCUT2D eigenvalue weighted by molar-refractivity contribution is 5.75. The minimum Gasteiger partial charge on any atom is -0.481 e. The molecule has 0 aliphatic heterocycles. The number of aliphatic carboxylic acids is 4. The number of hydrogen-bond acceptors (Lipinski definition) is 4. The lowest BCUT2D eigenvalue weighted by Gasteiger charge is -2.22. The van der Waals surface area contributed by atoms with Gasteiger partial charge in [-0.05, 0) is 62.2 Å². The zero-order valence-corrected chi connectivity index (χ0v) is 14.3. The van der Waals surface area contributed by atoms with Crippen molar-refractivity contribution in [1.29, 1.82) is 0 Å². The van der Waals surface area contributed by atoms with Crippen LogP contribution in [0.25, 0.3) is 0 Å². The lowest BCUT2D eigenvalue weighted by molar-refractivity contribution is -0.148. The van der Waals surface area contributed by atoms with Gasteiger partial charge in [-0.1, -0.05) is 0 Å². The zero-order chi connectivity index (χ0) is 19.2. The number of carboxylic acid groups (broad SMARTS) is 4. The van der Waals surface area contributed by atoms with Gasteiger partial charge in [0.2, 0.25) is 0 Å². The highest BCUT2D eigenvalue weighted by Crippen LogP contribution is 2.52. The molecule has 4 aliphatic rings. The summed E-state index contributed by atoms with van der Waals surface area (Å²) in [5, 5.41) is 35.3. The third-order valence-electron chi connectivity index (χ3n) is 6.98. The fourth-order valence-electron chi connectivity index (χ4n) is 5.76. The Balaban J connectivity index is 0.000000151. The molecular weight excluding hydrogens is 344 g/mol. The van der Waals surface area contributed by atoms with Crippen LogP contribution < -0.4 is 0 Å². The van der Waals surface area contributed by atoms with Crippen LogP contribution >= 0.6 is 0 Å². The molecular formula is C18H24O8. The molecule has 26 heavy (non-hydrogen) atoms. The summed E-state index contributed by atoms with van der Waals surface area (Å²) in [5.74, 6) is -3.66. The van der Waals surface area contributed by atoms with Gasteiger partial charge in [0.25, 0.3) is 0 Å². The van der Waals surface area contributed by atoms with E-state index in [0.29, 0.717) is 25.7 Å². The van der Waals surface area contributed by atoms with Crippen LogP contribution in [-0.4, -0.2) is 44.3 Å². The average molecular weight is 368 g/mol. The van der Waals surface area contributed by atoms with Crippen LogP contribution in [0.3, 0.4) is 0 Å². The van der Waals surface area contributed by atoms with Crippen molar-refractivity contribution >= 4 is 23.9 Å². The van der Waals surface area contributed by atoms with Gasteiger partial charge in [0, 0.05) is 0 Å². The summed E-state index contributed by atoms with van der Waals surface area (Å²) in [6.45, 7) is 0. The first kappa shape index (κ1) is 18.7. The molecule has 8 atom stereocenters. The lowest BCUT2D eigenvalue weighted by atomic mass is 9.82. The number of hydrogen-bond donors (Lipinski definition) is 4. The molecule has 8 nitrogen and oxygen atoms in total. The Morgan fingerprint density at radius 2 is 0.615 bits per heavy atom. The van der Waals surface area contributed by atoms with E-state index in [9.17, 15) is 19.2 Å². The molecule has 0 spiro atoms. The molecule has 0 heterocycles. The van der Waals surface area contributed by atoms with Crippen LogP contribution in [0.4, 0.5) is 0 Å². The van der Waals surface area contributed by atoms with Gasteiger partial charge in [0.1, 0.15) is 0 Å². The van der Waals surface area contributed by atoms with Gasteiger partial charge in [0.05, 0.1) is 23.7 Å². The summed E-state index contributed by atoms with van der Waals surface area (Å²) < 4.78 is 0. The van der Waals surface area contributed by atoms with E-state index < -0.39 is 23.9 Å². The topological polar surface area (TPSA) is 149 Å². The minimum absolute atomic E-state index is 0.114. The molecule has 0 aromatic heterocycles. The average Bonchev–Trinajstić information content (AvgIpc) is 3.32.